The molecular weight excluding hydrogens is 268 g/mol. The number of aryl methyl sites for hydroxylation is 1. The number of anilines is 3. The molecule has 21 heavy (non-hydrogen) atoms. The van der Waals surface area contributed by atoms with Crippen LogP contribution in [0.2, 0.25) is 0 Å². The number of rotatable bonds is 6. The van der Waals surface area contributed by atoms with Gasteiger partial charge in [0, 0.05) is 5.69 Å². The van der Waals surface area contributed by atoms with Gasteiger partial charge in [-0.2, -0.15) is 10.1 Å². The molecule has 1 atom stereocenters. The van der Waals surface area contributed by atoms with Gasteiger partial charge in [0.25, 0.3) is 0 Å². The molecule has 0 saturated carbocycles. The smallest absolute Gasteiger partial charge is 0.245 e. The second-order valence-corrected chi connectivity index (χ2v) is 4.67. The molecule has 4 N–H and O–H groups in total. The summed E-state index contributed by atoms with van der Waals surface area (Å²) in [5.41, 5.74) is 7.33. The highest BCUT2D eigenvalue weighted by Gasteiger charge is 2.14. The minimum atomic E-state index is -0.513. The number of primary amides is 1. The van der Waals surface area contributed by atoms with Crippen molar-refractivity contribution in [2.45, 2.75) is 26.3 Å². The lowest BCUT2D eigenvalue weighted by Gasteiger charge is -2.13. The molecule has 0 saturated heterocycles. The average molecular weight is 286 g/mol. The summed E-state index contributed by atoms with van der Waals surface area (Å²) in [7, 11) is 0. The molecule has 2 rings (SSSR count). The number of amides is 1. The van der Waals surface area contributed by atoms with Crippen molar-refractivity contribution in [1.82, 2.24) is 15.2 Å². The molecule has 0 unspecified atom stereocenters. The van der Waals surface area contributed by atoms with Crippen molar-refractivity contribution in [2.75, 3.05) is 10.6 Å². The molecule has 110 valence electrons. The number of aromatic nitrogens is 3. The molecule has 0 bridgehead atoms. The van der Waals surface area contributed by atoms with Crippen molar-refractivity contribution in [1.29, 1.82) is 0 Å². The Labute approximate surface area is 123 Å². The summed E-state index contributed by atoms with van der Waals surface area (Å²) < 4.78 is 0. The van der Waals surface area contributed by atoms with Crippen molar-refractivity contribution in [2.24, 2.45) is 5.73 Å². The van der Waals surface area contributed by atoms with Gasteiger partial charge in [-0.05, 0) is 31.0 Å². The maximum absolute atomic E-state index is 11.2. The number of carbonyl (C=O) groups is 1. The molecule has 2 aromatic rings. The first-order chi connectivity index (χ1) is 10.1. The van der Waals surface area contributed by atoms with Crippen molar-refractivity contribution in [3.05, 3.63) is 36.0 Å². The second kappa shape index (κ2) is 6.65. The van der Waals surface area contributed by atoms with Gasteiger partial charge in [-0.25, -0.2) is 0 Å². The van der Waals surface area contributed by atoms with E-state index >= 15 is 0 Å². The fourth-order valence-corrected chi connectivity index (χ4v) is 1.83. The summed E-state index contributed by atoms with van der Waals surface area (Å²) in [6, 6.07) is 7.37. The SMILES string of the molecule is CC[C@@H](Nc1nncc(Nc2cccc(C)c2)n1)C(N)=O. The quantitative estimate of drug-likeness (QED) is 0.744. The van der Waals surface area contributed by atoms with Crippen LogP contribution < -0.4 is 16.4 Å². The monoisotopic (exact) mass is 286 g/mol. The van der Waals surface area contributed by atoms with E-state index in [9.17, 15) is 4.79 Å². The highest BCUT2D eigenvalue weighted by Crippen LogP contribution is 2.15. The molecule has 0 aliphatic heterocycles. The van der Waals surface area contributed by atoms with Gasteiger partial charge in [-0.3, -0.25) is 4.79 Å². The largest absolute Gasteiger partial charge is 0.368 e. The Morgan fingerprint density at radius 1 is 1.43 bits per heavy atom. The molecule has 0 aliphatic rings. The Balaban J connectivity index is 2.12. The van der Waals surface area contributed by atoms with Crippen molar-refractivity contribution in [3.8, 4) is 0 Å². The molecule has 0 fully saturated rings. The number of nitrogens with two attached hydrogens (primary N) is 1. The van der Waals surface area contributed by atoms with E-state index in [1.807, 2.05) is 38.1 Å². The van der Waals surface area contributed by atoms with Crippen LogP contribution in [0, 0.1) is 6.92 Å². The fraction of sp³-hybridized carbons (Fsp3) is 0.286. The standard InChI is InChI=1S/C14H18N6O/c1-3-11(13(15)21)18-14-19-12(8-16-20-14)17-10-6-4-5-9(2)7-10/h4-8,11H,3H2,1-2H3,(H2,15,21)(H2,17,18,19,20)/t11-/m1/s1. The highest BCUT2D eigenvalue weighted by molar-refractivity contribution is 5.82. The molecule has 0 aliphatic carbocycles. The van der Waals surface area contributed by atoms with Crippen LogP contribution in [0.3, 0.4) is 0 Å². The summed E-state index contributed by atoms with van der Waals surface area (Å²) in [5.74, 6) is 0.355. The van der Waals surface area contributed by atoms with Crippen LogP contribution in [0.5, 0.6) is 0 Å². The first-order valence-corrected chi connectivity index (χ1v) is 6.67. The lowest BCUT2D eigenvalue weighted by atomic mass is 10.2. The van der Waals surface area contributed by atoms with Crippen LogP contribution in [0.25, 0.3) is 0 Å². The number of nitrogens with zero attached hydrogens (tertiary/aromatic N) is 3. The van der Waals surface area contributed by atoms with E-state index < -0.39 is 11.9 Å². The minimum Gasteiger partial charge on any atom is -0.368 e. The summed E-state index contributed by atoms with van der Waals surface area (Å²) in [6.07, 6.45) is 2.06. The molecule has 1 aromatic carbocycles. The van der Waals surface area contributed by atoms with Crippen LogP contribution in [0.4, 0.5) is 17.5 Å². The van der Waals surface area contributed by atoms with Crippen LogP contribution >= 0.6 is 0 Å². The lowest BCUT2D eigenvalue weighted by Crippen LogP contribution is -2.35. The molecule has 0 spiro atoms. The topological polar surface area (TPSA) is 106 Å². The molecule has 7 nitrogen and oxygen atoms in total. The lowest BCUT2D eigenvalue weighted by molar-refractivity contribution is -0.118. The van der Waals surface area contributed by atoms with Gasteiger partial charge in [0.05, 0.1) is 6.20 Å². The molecule has 1 aromatic heterocycles. The Bertz CT molecular complexity index is 630. The highest BCUT2D eigenvalue weighted by atomic mass is 16.1. The molecule has 1 heterocycles. The zero-order chi connectivity index (χ0) is 15.2. The van der Waals surface area contributed by atoms with E-state index in [-0.39, 0.29) is 5.95 Å². The van der Waals surface area contributed by atoms with E-state index in [1.54, 1.807) is 0 Å². The predicted molar refractivity (Wildman–Crippen MR) is 81.2 cm³/mol. The van der Waals surface area contributed by atoms with Crippen molar-refractivity contribution >= 4 is 23.4 Å². The van der Waals surface area contributed by atoms with E-state index in [2.05, 4.69) is 25.8 Å². The van der Waals surface area contributed by atoms with Gasteiger partial charge in [0.15, 0.2) is 5.82 Å². The van der Waals surface area contributed by atoms with Crippen molar-refractivity contribution < 1.29 is 4.79 Å². The maximum atomic E-state index is 11.2. The van der Waals surface area contributed by atoms with Crippen LogP contribution in [-0.2, 0) is 4.79 Å². The Morgan fingerprint density at radius 2 is 2.24 bits per heavy atom. The number of hydrogen-bond acceptors (Lipinski definition) is 6. The molecular formula is C14H18N6O. The first kappa shape index (κ1) is 14.7. The van der Waals surface area contributed by atoms with Gasteiger partial charge >= 0.3 is 0 Å². The fourth-order valence-electron chi connectivity index (χ4n) is 1.83. The summed E-state index contributed by atoms with van der Waals surface area (Å²) in [4.78, 5) is 15.5. The number of benzene rings is 1. The van der Waals surface area contributed by atoms with E-state index in [4.69, 9.17) is 5.73 Å². The third-order valence-corrected chi connectivity index (χ3v) is 2.90. The van der Waals surface area contributed by atoms with E-state index in [1.165, 1.54) is 6.20 Å². The van der Waals surface area contributed by atoms with Gasteiger partial charge < -0.3 is 16.4 Å². The normalized spacial score (nSPS) is 11.7. The zero-order valence-electron chi connectivity index (χ0n) is 12.0. The van der Waals surface area contributed by atoms with Gasteiger partial charge in [0.1, 0.15) is 6.04 Å². The van der Waals surface area contributed by atoms with E-state index in [0.717, 1.165) is 11.3 Å². The van der Waals surface area contributed by atoms with Gasteiger partial charge in [-0.15, -0.1) is 5.10 Å². The summed E-state index contributed by atoms with van der Waals surface area (Å²) in [5, 5.41) is 13.7. The van der Waals surface area contributed by atoms with Crippen LogP contribution in [0.15, 0.2) is 30.5 Å². The summed E-state index contributed by atoms with van der Waals surface area (Å²) >= 11 is 0. The van der Waals surface area contributed by atoms with Gasteiger partial charge in [-0.1, -0.05) is 19.1 Å². The Morgan fingerprint density at radius 3 is 2.90 bits per heavy atom. The van der Waals surface area contributed by atoms with Crippen LogP contribution in [0.1, 0.15) is 18.9 Å². The Hall–Kier alpha value is -2.70. The van der Waals surface area contributed by atoms with E-state index in [0.29, 0.717) is 12.2 Å². The first-order valence-electron chi connectivity index (χ1n) is 6.67. The third kappa shape index (κ3) is 4.13. The average Bonchev–Trinajstić information content (AvgIpc) is 2.45. The minimum absolute atomic E-state index is 0.262. The number of hydrogen-bond donors (Lipinski definition) is 3. The summed E-state index contributed by atoms with van der Waals surface area (Å²) in [6.45, 7) is 3.86. The molecule has 1 amide bonds. The third-order valence-electron chi connectivity index (χ3n) is 2.90. The number of nitrogens with one attached hydrogen (secondary N) is 2. The Kier molecular flexibility index (Phi) is 4.65. The maximum Gasteiger partial charge on any atom is 0.245 e. The molecule has 7 heteroatoms. The second-order valence-electron chi connectivity index (χ2n) is 4.67. The van der Waals surface area contributed by atoms with Gasteiger partial charge in [0.2, 0.25) is 11.9 Å². The number of carbonyl (C=O) groups excluding carboxylic acids is 1. The zero-order valence-corrected chi connectivity index (χ0v) is 12.0. The van der Waals surface area contributed by atoms with Crippen molar-refractivity contribution in [3.63, 3.8) is 0 Å². The predicted octanol–water partition coefficient (Wildman–Crippen LogP) is 1.60. The van der Waals surface area contributed by atoms with Crippen LogP contribution in [-0.4, -0.2) is 27.1 Å². The molecule has 0 radical (unpaired) electrons.